The van der Waals surface area contributed by atoms with Gasteiger partial charge in [-0.1, -0.05) is 23.8 Å². The van der Waals surface area contributed by atoms with Crippen molar-refractivity contribution in [3.05, 3.63) is 34.9 Å². The number of amides is 1. The second-order valence-corrected chi connectivity index (χ2v) is 7.32. The van der Waals surface area contributed by atoms with Gasteiger partial charge in [-0.3, -0.25) is 4.79 Å². The highest BCUT2D eigenvalue weighted by atomic mass is 16.5. The van der Waals surface area contributed by atoms with Crippen LogP contribution in [-0.2, 0) is 16.0 Å². The van der Waals surface area contributed by atoms with Crippen LogP contribution in [0.2, 0.25) is 0 Å². The van der Waals surface area contributed by atoms with Crippen molar-refractivity contribution in [3.8, 4) is 0 Å². The van der Waals surface area contributed by atoms with Crippen LogP contribution in [0, 0.1) is 19.8 Å². The summed E-state index contributed by atoms with van der Waals surface area (Å²) in [7, 11) is 0. The summed E-state index contributed by atoms with van der Waals surface area (Å²) >= 11 is 0. The van der Waals surface area contributed by atoms with Crippen molar-refractivity contribution in [3.63, 3.8) is 0 Å². The number of aliphatic hydroxyl groups is 1. The Morgan fingerprint density at radius 2 is 2.17 bits per heavy atom. The van der Waals surface area contributed by atoms with Crippen LogP contribution in [0.25, 0.3) is 0 Å². The lowest BCUT2D eigenvalue weighted by Crippen LogP contribution is -2.48. The standard InChI is InChI=1S/C20H29NO3/c1-14-5-6-16(15(2)12-14)7-8-20(23)21-10-3-4-18(21)17-13-24-11-9-19(17)22/h5-6,12,17-19,22H,3-4,7-11,13H2,1-2H3/t17-,18-,19-/m1/s1. The molecule has 0 radical (unpaired) electrons. The summed E-state index contributed by atoms with van der Waals surface area (Å²) in [4.78, 5) is 14.8. The maximum Gasteiger partial charge on any atom is 0.223 e. The molecule has 132 valence electrons. The minimum atomic E-state index is -0.337. The molecular formula is C20H29NO3. The molecule has 3 atom stereocenters. The Morgan fingerprint density at radius 1 is 1.33 bits per heavy atom. The van der Waals surface area contributed by atoms with E-state index >= 15 is 0 Å². The number of carbonyl (C=O) groups is 1. The zero-order chi connectivity index (χ0) is 17.1. The minimum Gasteiger partial charge on any atom is -0.393 e. The third kappa shape index (κ3) is 3.81. The predicted octanol–water partition coefficient (Wildman–Crippen LogP) is 2.62. The first-order valence-corrected chi connectivity index (χ1v) is 9.17. The van der Waals surface area contributed by atoms with Crippen LogP contribution in [0.1, 0.15) is 42.4 Å². The lowest BCUT2D eigenvalue weighted by atomic mass is 9.89. The summed E-state index contributed by atoms with van der Waals surface area (Å²) in [5, 5.41) is 10.3. The molecule has 3 rings (SSSR count). The molecule has 0 unspecified atom stereocenters. The van der Waals surface area contributed by atoms with E-state index in [0.29, 0.717) is 26.1 Å². The van der Waals surface area contributed by atoms with E-state index in [-0.39, 0.29) is 24.0 Å². The molecule has 2 heterocycles. The molecular weight excluding hydrogens is 302 g/mol. The van der Waals surface area contributed by atoms with E-state index in [1.165, 1.54) is 16.7 Å². The largest absolute Gasteiger partial charge is 0.393 e. The van der Waals surface area contributed by atoms with Gasteiger partial charge in [-0.25, -0.2) is 0 Å². The monoisotopic (exact) mass is 331 g/mol. The highest BCUT2D eigenvalue weighted by molar-refractivity contribution is 5.77. The van der Waals surface area contributed by atoms with Gasteiger partial charge in [0, 0.05) is 31.5 Å². The highest BCUT2D eigenvalue weighted by Crippen LogP contribution is 2.30. The first kappa shape index (κ1) is 17.4. The maximum absolute atomic E-state index is 12.8. The van der Waals surface area contributed by atoms with Gasteiger partial charge >= 0.3 is 0 Å². The molecule has 2 fully saturated rings. The number of nitrogens with zero attached hydrogens (tertiary/aromatic N) is 1. The summed E-state index contributed by atoms with van der Waals surface area (Å²) in [6.07, 6.45) is 3.70. The fourth-order valence-corrected chi connectivity index (χ4v) is 4.17. The van der Waals surface area contributed by atoms with Gasteiger partial charge in [-0.05, 0) is 50.7 Å². The molecule has 1 aromatic rings. The van der Waals surface area contributed by atoms with Crippen molar-refractivity contribution in [2.45, 2.75) is 58.1 Å². The van der Waals surface area contributed by atoms with Gasteiger partial charge in [0.05, 0.1) is 12.7 Å². The lowest BCUT2D eigenvalue weighted by molar-refractivity contribution is -0.136. The second-order valence-electron chi connectivity index (χ2n) is 7.32. The van der Waals surface area contributed by atoms with Crippen LogP contribution in [-0.4, -0.2) is 47.8 Å². The number of hydrogen-bond acceptors (Lipinski definition) is 3. The Labute approximate surface area is 144 Å². The summed E-state index contributed by atoms with van der Waals surface area (Å²) < 4.78 is 5.55. The lowest BCUT2D eigenvalue weighted by Gasteiger charge is -2.37. The zero-order valence-corrected chi connectivity index (χ0v) is 14.8. The number of likely N-dealkylation sites (tertiary alicyclic amines) is 1. The zero-order valence-electron chi connectivity index (χ0n) is 14.8. The van der Waals surface area contributed by atoms with Crippen LogP contribution >= 0.6 is 0 Å². The first-order valence-electron chi connectivity index (χ1n) is 9.17. The molecule has 4 heteroatoms. The van der Waals surface area contributed by atoms with E-state index in [4.69, 9.17) is 4.74 Å². The molecule has 0 saturated carbocycles. The number of rotatable bonds is 4. The molecule has 1 amide bonds. The molecule has 1 N–H and O–H groups in total. The molecule has 0 aromatic heterocycles. The predicted molar refractivity (Wildman–Crippen MR) is 93.9 cm³/mol. The van der Waals surface area contributed by atoms with Crippen LogP contribution in [0.3, 0.4) is 0 Å². The Bertz CT molecular complexity index is 586. The van der Waals surface area contributed by atoms with Crippen LogP contribution < -0.4 is 0 Å². The first-order chi connectivity index (χ1) is 11.6. The fraction of sp³-hybridized carbons (Fsp3) is 0.650. The second kappa shape index (κ2) is 7.66. The Balaban J connectivity index is 1.61. The average molecular weight is 331 g/mol. The summed E-state index contributed by atoms with van der Waals surface area (Å²) in [5.41, 5.74) is 3.77. The van der Waals surface area contributed by atoms with Crippen molar-refractivity contribution < 1.29 is 14.6 Å². The van der Waals surface area contributed by atoms with E-state index < -0.39 is 0 Å². The highest BCUT2D eigenvalue weighted by Gasteiger charge is 2.39. The number of carbonyl (C=O) groups excluding carboxylic acids is 1. The SMILES string of the molecule is Cc1ccc(CCC(=O)N2CCC[C@@H]2[C@H]2COCC[C@H]2O)c(C)c1. The Morgan fingerprint density at radius 3 is 2.92 bits per heavy atom. The normalized spacial score (nSPS) is 27.5. The Kier molecular flexibility index (Phi) is 5.57. The van der Waals surface area contributed by atoms with Crippen molar-refractivity contribution in [1.82, 2.24) is 4.90 Å². The van der Waals surface area contributed by atoms with Gasteiger partial charge in [0.25, 0.3) is 0 Å². The van der Waals surface area contributed by atoms with Crippen molar-refractivity contribution in [2.24, 2.45) is 5.92 Å². The van der Waals surface area contributed by atoms with Crippen molar-refractivity contribution in [1.29, 1.82) is 0 Å². The quantitative estimate of drug-likeness (QED) is 0.923. The smallest absolute Gasteiger partial charge is 0.223 e. The van der Waals surface area contributed by atoms with Gasteiger partial charge in [-0.2, -0.15) is 0 Å². The molecule has 0 spiro atoms. The molecule has 2 saturated heterocycles. The molecule has 0 bridgehead atoms. The van der Waals surface area contributed by atoms with E-state index in [1.807, 2.05) is 4.90 Å². The number of benzene rings is 1. The summed E-state index contributed by atoms with van der Waals surface area (Å²) in [6, 6.07) is 6.57. The molecule has 24 heavy (non-hydrogen) atoms. The summed E-state index contributed by atoms with van der Waals surface area (Å²) in [5.74, 6) is 0.293. The van der Waals surface area contributed by atoms with Crippen LogP contribution in [0.4, 0.5) is 0 Å². The molecule has 2 aliphatic rings. The van der Waals surface area contributed by atoms with Gasteiger partial charge in [0.2, 0.25) is 5.91 Å². The number of hydrogen-bond donors (Lipinski definition) is 1. The minimum absolute atomic E-state index is 0.0753. The van der Waals surface area contributed by atoms with Crippen LogP contribution in [0.15, 0.2) is 18.2 Å². The average Bonchev–Trinajstić information content (AvgIpc) is 3.03. The molecule has 4 nitrogen and oxygen atoms in total. The number of aliphatic hydroxyl groups excluding tert-OH is 1. The number of ether oxygens (including phenoxy) is 1. The van der Waals surface area contributed by atoms with Gasteiger partial charge < -0.3 is 14.7 Å². The molecule has 0 aliphatic carbocycles. The topological polar surface area (TPSA) is 49.8 Å². The van der Waals surface area contributed by atoms with Gasteiger partial charge in [-0.15, -0.1) is 0 Å². The molecule has 2 aliphatic heterocycles. The van der Waals surface area contributed by atoms with Gasteiger partial charge in [0.15, 0.2) is 0 Å². The number of aryl methyl sites for hydroxylation is 3. The Hall–Kier alpha value is -1.39. The van der Waals surface area contributed by atoms with Crippen LogP contribution in [0.5, 0.6) is 0 Å². The third-order valence-electron chi connectivity index (χ3n) is 5.58. The van der Waals surface area contributed by atoms with E-state index in [0.717, 1.165) is 25.8 Å². The summed E-state index contributed by atoms with van der Waals surface area (Å²) in [6.45, 7) is 6.23. The van der Waals surface area contributed by atoms with E-state index in [9.17, 15) is 9.90 Å². The molecule has 1 aromatic carbocycles. The van der Waals surface area contributed by atoms with Crippen molar-refractivity contribution >= 4 is 5.91 Å². The van der Waals surface area contributed by atoms with E-state index in [1.54, 1.807) is 0 Å². The third-order valence-corrected chi connectivity index (χ3v) is 5.58. The van der Waals surface area contributed by atoms with E-state index in [2.05, 4.69) is 32.0 Å². The van der Waals surface area contributed by atoms with Gasteiger partial charge in [0.1, 0.15) is 0 Å². The maximum atomic E-state index is 12.8. The van der Waals surface area contributed by atoms with Crippen molar-refractivity contribution in [2.75, 3.05) is 19.8 Å². The fourth-order valence-electron chi connectivity index (χ4n) is 4.17.